The Bertz CT molecular complexity index is 776. The summed E-state index contributed by atoms with van der Waals surface area (Å²) >= 11 is 0. The Balaban J connectivity index is 3.43. The third-order valence-electron chi connectivity index (χ3n) is 11.7. The highest BCUT2D eigenvalue weighted by Gasteiger charge is 2.20. The summed E-state index contributed by atoms with van der Waals surface area (Å²) in [5, 5.41) is 23.1. The summed E-state index contributed by atoms with van der Waals surface area (Å²) in [6.45, 7) is 4.93. The quantitative estimate of drug-likeness (QED) is 0.0422. The lowest BCUT2D eigenvalue weighted by molar-refractivity contribution is -0.143. The zero-order valence-electron chi connectivity index (χ0n) is 37.2. The van der Waals surface area contributed by atoms with E-state index in [1.54, 1.807) is 0 Å². The van der Waals surface area contributed by atoms with E-state index in [1.807, 2.05) is 0 Å². The Kier molecular flexibility index (Phi) is 44.6. The van der Waals surface area contributed by atoms with Crippen LogP contribution in [0.1, 0.15) is 277 Å². The molecule has 0 aromatic carbocycles. The molecule has 0 heterocycles. The molecule has 55 heavy (non-hydrogen) atoms. The van der Waals surface area contributed by atoms with E-state index >= 15 is 0 Å². The van der Waals surface area contributed by atoms with Crippen LogP contribution in [-0.2, 0) is 14.3 Å². The standard InChI is InChI=1S/C49H97NO5/c1-3-5-7-9-11-13-15-21-25-29-33-37-41-47(52)46(45-51)50-48(53)42-38-34-30-26-22-19-17-18-20-24-28-32-36-40-44-55-49(54)43-39-35-31-27-23-16-14-12-10-8-6-4-2/h46-47,51-52H,3-45H2,1-2H3,(H,50,53). The van der Waals surface area contributed by atoms with Crippen molar-refractivity contribution in [2.75, 3.05) is 13.2 Å². The molecule has 0 saturated carbocycles. The molecule has 0 spiro atoms. The molecule has 0 bridgehead atoms. The Hall–Kier alpha value is -1.14. The van der Waals surface area contributed by atoms with Crippen LogP contribution in [0.4, 0.5) is 0 Å². The maximum Gasteiger partial charge on any atom is 0.305 e. The molecule has 0 rings (SSSR count). The molecule has 6 heteroatoms. The molecule has 328 valence electrons. The van der Waals surface area contributed by atoms with Gasteiger partial charge in [0, 0.05) is 12.8 Å². The van der Waals surface area contributed by atoms with Crippen LogP contribution in [0, 0.1) is 0 Å². The molecule has 0 radical (unpaired) electrons. The molecule has 3 N–H and O–H groups in total. The number of carbonyl (C=O) groups is 2. The summed E-state index contributed by atoms with van der Waals surface area (Å²) in [4.78, 5) is 24.4. The van der Waals surface area contributed by atoms with E-state index in [0.29, 0.717) is 25.9 Å². The van der Waals surface area contributed by atoms with Crippen LogP contribution in [0.25, 0.3) is 0 Å². The summed E-state index contributed by atoms with van der Waals surface area (Å²) < 4.78 is 5.45. The summed E-state index contributed by atoms with van der Waals surface area (Å²) in [5.74, 6) is -0.0462. The van der Waals surface area contributed by atoms with Crippen molar-refractivity contribution in [2.24, 2.45) is 0 Å². The lowest BCUT2D eigenvalue weighted by Crippen LogP contribution is -2.45. The minimum absolute atomic E-state index is 0.00122. The molecule has 6 nitrogen and oxygen atoms in total. The van der Waals surface area contributed by atoms with Gasteiger partial charge in [-0.2, -0.15) is 0 Å². The van der Waals surface area contributed by atoms with Crippen molar-refractivity contribution in [2.45, 2.75) is 289 Å². The summed E-state index contributed by atoms with van der Waals surface area (Å²) in [6, 6.07) is -0.546. The second-order valence-corrected chi connectivity index (χ2v) is 17.2. The molecule has 0 aliphatic carbocycles. The average molecular weight is 780 g/mol. The molecule has 0 aromatic rings. The molecular weight excluding hydrogens is 683 g/mol. The van der Waals surface area contributed by atoms with Crippen LogP contribution in [0.5, 0.6) is 0 Å². The van der Waals surface area contributed by atoms with Crippen LogP contribution >= 0.6 is 0 Å². The second kappa shape index (κ2) is 45.6. The first-order valence-electron chi connectivity index (χ1n) is 24.8. The van der Waals surface area contributed by atoms with E-state index in [2.05, 4.69) is 19.2 Å². The number of rotatable bonds is 46. The average Bonchev–Trinajstić information content (AvgIpc) is 3.18. The van der Waals surface area contributed by atoms with Gasteiger partial charge in [-0.25, -0.2) is 0 Å². The lowest BCUT2D eigenvalue weighted by atomic mass is 10.0. The highest BCUT2D eigenvalue weighted by atomic mass is 16.5. The van der Waals surface area contributed by atoms with Gasteiger partial charge in [-0.3, -0.25) is 9.59 Å². The van der Waals surface area contributed by atoms with Gasteiger partial charge in [0.25, 0.3) is 0 Å². The number of unbranched alkanes of at least 4 members (excludes halogenated alkanes) is 35. The number of aliphatic hydroxyl groups is 2. The van der Waals surface area contributed by atoms with E-state index in [4.69, 9.17) is 4.74 Å². The molecule has 2 atom stereocenters. The Morgan fingerprint density at radius 3 is 1.11 bits per heavy atom. The van der Waals surface area contributed by atoms with Crippen LogP contribution in [-0.4, -0.2) is 47.4 Å². The molecule has 0 aliphatic rings. The number of hydrogen-bond acceptors (Lipinski definition) is 5. The van der Waals surface area contributed by atoms with Gasteiger partial charge in [0.05, 0.1) is 25.4 Å². The van der Waals surface area contributed by atoms with Crippen molar-refractivity contribution >= 4 is 11.9 Å². The fourth-order valence-corrected chi connectivity index (χ4v) is 7.82. The lowest BCUT2D eigenvalue weighted by Gasteiger charge is -2.22. The molecule has 2 unspecified atom stereocenters. The summed E-state index contributed by atoms with van der Waals surface area (Å²) in [5.41, 5.74) is 0. The van der Waals surface area contributed by atoms with Crippen molar-refractivity contribution in [1.29, 1.82) is 0 Å². The first-order chi connectivity index (χ1) is 27.0. The van der Waals surface area contributed by atoms with E-state index in [-0.39, 0.29) is 18.5 Å². The molecule has 0 fully saturated rings. The number of amides is 1. The number of esters is 1. The van der Waals surface area contributed by atoms with Crippen LogP contribution in [0.3, 0.4) is 0 Å². The number of aliphatic hydroxyl groups excluding tert-OH is 2. The van der Waals surface area contributed by atoms with Gasteiger partial charge in [-0.05, 0) is 25.7 Å². The number of hydrogen-bond donors (Lipinski definition) is 3. The molecule has 1 amide bonds. The van der Waals surface area contributed by atoms with Crippen LogP contribution in [0.2, 0.25) is 0 Å². The number of carbonyl (C=O) groups excluding carboxylic acids is 2. The van der Waals surface area contributed by atoms with Crippen molar-refractivity contribution in [3.63, 3.8) is 0 Å². The highest BCUT2D eigenvalue weighted by molar-refractivity contribution is 5.76. The Morgan fingerprint density at radius 1 is 0.436 bits per heavy atom. The fourth-order valence-electron chi connectivity index (χ4n) is 7.82. The zero-order chi connectivity index (χ0) is 40.1. The SMILES string of the molecule is CCCCCCCCCCCCCCC(=O)OCCCCCCCCCCCCCCCCC(=O)NC(CO)C(O)CCCCCCCCCCCCCC. The van der Waals surface area contributed by atoms with E-state index < -0.39 is 12.1 Å². The Labute approximate surface area is 343 Å². The van der Waals surface area contributed by atoms with Gasteiger partial charge in [0.1, 0.15) is 0 Å². The number of nitrogens with one attached hydrogen (secondary N) is 1. The largest absolute Gasteiger partial charge is 0.466 e. The van der Waals surface area contributed by atoms with Gasteiger partial charge in [0.2, 0.25) is 5.91 Å². The Morgan fingerprint density at radius 2 is 0.745 bits per heavy atom. The molecular formula is C49H97NO5. The second-order valence-electron chi connectivity index (χ2n) is 17.2. The van der Waals surface area contributed by atoms with Gasteiger partial charge in [-0.1, -0.05) is 239 Å². The van der Waals surface area contributed by atoms with Gasteiger partial charge in [-0.15, -0.1) is 0 Å². The zero-order valence-corrected chi connectivity index (χ0v) is 37.2. The predicted molar refractivity (Wildman–Crippen MR) is 237 cm³/mol. The third kappa shape index (κ3) is 42.3. The van der Waals surface area contributed by atoms with Crippen molar-refractivity contribution < 1.29 is 24.5 Å². The minimum atomic E-state index is -0.668. The first kappa shape index (κ1) is 53.9. The van der Waals surface area contributed by atoms with E-state index in [9.17, 15) is 19.8 Å². The van der Waals surface area contributed by atoms with E-state index in [0.717, 1.165) is 51.4 Å². The van der Waals surface area contributed by atoms with Gasteiger partial charge >= 0.3 is 5.97 Å². The van der Waals surface area contributed by atoms with Crippen molar-refractivity contribution in [3.05, 3.63) is 0 Å². The smallest absolute Gasteiger partial charge is 0.305 e. The summed E-state index contributed by atoms with van der Waals surface area (Å²) in [7, 11) is 0. The predicted octanol–water partition coefficient (Wildman–Crippen LogP) is 14.4. The minimum Gasteiger partial charge on any atom is -0.466 e. The monoisotopic (exact) mass is 780 g/mol. The highest BCUT2D eigenvalue weighted by Crippen LogP contribution is 2.17. The number of ether oxygens (including phenoxy) is 1. The third-order valence-corrected chi connectivity index (χ3v) is 11.7. The van der Waals surface area contributed by atoms with Crippen molar-refractivity contribution in [1.82, 2.24) is 5.32 Å². The summed E-state index contributed by atoms with van der Waals surface area (Å²) in [6.07, 6.45) is 49.2. The maximum absolute atomic E-state index is 12.4. The molecule has 0 aromatic heterocycles. The first-order valence-corrected chi connectivity index (χ1v) is 24.8. The normalized spacial score (nSPS) is 12.6. The van der Waals surface area contributed by atoms with Gasteiger partial charge < -0.3 is 20.3 Å². The molecule has 0 aliphatic heterocycles. The topological polar surface area (TPSA) is 95.9 Å². The maximum atomic E-state index is 12.4. The van der Waals surface area contributed by atoms with Crippen LogP contribution in [0.15, 0.2) is 0 Å². The molecule has 0 saturated heterocycles. The van der Waals surface area contributed by atoms with Crippen LogP contribution < -0.4 is 5.32 Å². The van der Waals surface area contributed by atoms with Gasteiger partial charge in [0.15, 0.2) is 0 Å². The van der Waals surface area contributed by atoms with E-state index in [1.165, 1.54) is 193 Å². The fraction of sp³-hybridized carbons (Fsp3) is 0.959. The van der Waals surface area contributed by atoms with Crippen molar-refractivity contribution in [3.8, 4) is 0 Å².